The second-order valence-electron chi connectivity index (χ2n) is 4.70. The number of hydrogen-bond acceptors (Lipinski definition) is 6. The van der Waals surface area contributed by atoms with Crippen molar-refractivity contribution in [3.8, 4) is 0 Å². The maximum absolute atomic E-state index is 11.8. The van der Waals surface area contributed by atoms with Gasteiger partial charge in [0.2, 0.25) is 0 Å². The standard InChI is InChI=1S/C12H16N4O2S2/c1-8-13-9(6-19-8)7-20-12-15-14-11(17)16(12)5-10-3-2-4-18-10/h6,10H,2-5,7H2,1H3,(H,14,17). The zero-order valence-corrected chi connectivity index (χ0v) is 12.8. The number of thiazole rings is 1. The number of aromatic amines is 1. The maximum Gasteiger partial charge on any atom is 0.344 e. The predicted octanol–water partition coefficient (Wildman–Crippen LogP) is 1.81. The molecule has 2 aromatic rings. The second kappa shape index (κ2) is 6.11. The molecule has 1 atom stereocenters. The molecule has 0 spiro atoms. The highest BCUT2D eigenvalue weighted by atomic mass is 32.2. The number of H-pyrrole nitrogens is 1. The minimum atomic E-state index is -0.169. The average molecular weight is 312 g/mol. The molecule has 0 saturated carbocycles. The molecule has 0 amide bonds. The molecule has 3 rings (SSSR count). The van der Waals surface area contributed by atoms with E-state index in [0.29, 0.717) is 11.7 Å². The first kappa shape index (κ1) is 13.8. The number of ether oxygens (including phenoxy) is 1. The summed E-state index contributed by atoms with van der Waals surface area (Å²) < 4.78 is 7.25. The number of aryl methyl sites for hydroxylation is 1. The smallest absolute Gasteiger partial charge is 0.344 e. The van der Waals surface area contributed by atoms with Crippen molar-refractivity contribution in [3.05, 3.63) is 26.6 Å². The van der Waals surface area contributed by atoms with Crippen molar-refractivity contribution in [2.24, 2.45) is 0 Å². The number of nitrogens with one attached hydrogen (secondary N) is 1. The van der Waals surface area contributed by atoms with Gasteiger partial charge in [0.05, 0.1) is 23.4 Å². The molecule has 1 N–H and O–H groups in total. The Labute approximate surface area is 124 Å². The fourth-order valence-corrected chi connectivity index (χ4v) is 3.75. The Morgan fingerprint density at radius 2 is 2.55 bits per heavy atom. The Kier molecular flexibility index (Phi) is 4.23. The Morgan fingerprint density at radius 1 is 1.65 bits per heavy atom. The van der Waals surface area contributed by atoms with Crippen LogP contribution in [0.15, 0.2) is 15.3 Å². The second-order valence-corrected chi connectivity index (χ2v) is 6.71. The first-order valence-electron chi connectivity index (χ1n) is 6.53. The van der Waals surface area contributed by atoms with Crippen molar-refractivity contribution in [1.82, 2.24) is 19.7 Å². The third-order valence-corrected chi connectivity index (χ3v) is 4.98. The van der Waals surface area contributed by atoms with Crippen molar-refractivity contribution in [2.45, 2.75) is 43.3 Å². The molecular weight excluding hydrogens is 296 g/mol. The quantitative estimate of drug-likeness (QED) is 0.852. The van der Waals surface area contributed by atoms with Crippen LogP contribution in [0, 0.1) is 6.92 Å². The van der Waals surface area contributed by atoms with Crippen molar-refractivity contribution < 1.29 is 4.74 Å². The van der Waals surface area contributed by atoms with E-state index in [1.807, 2.05) is 12.3 Å². The zero-order chi connectivity index (χ0) is 13.9. The minimum Gasteiger partial charge on any atom is -0.376 e. The summed E-state index contributed by atoms with van der Waals surface area (Å²) in [5, 5.41) is 10.4. The summed E-state index contributed by atoms with van der Waals surface area (Å²) in [7, 11) is 0. The fraction of sp³-hybridized carbons (Fsp3) is 0.583. The molecule has 1 aliphatic heterocycles. The summed E-state index contributed by atoms with van der Waals surface area (Å²) >= 11 is 3.16. The summed E-state index contributed by atoms with van der Waals surface area (Å²) in [6.45, 7) is 3.35. The van der Waals surface area contributed by atoms with Crippen molar-refractivity contribution in [1.29, 1.82) is 0 Å². The zero-order valence-electron chi connectivity index (χ0n) is 11.2. The van der Waals surface area contributed by atoms with E-state index in [1.54, 1.807) is 15.9 Å². The third-order valence-electron chi connectivity index (χ3n) is 3.15. The van der Waals surface area contributed by atoms with Crippen LogP contribution in [0.3, 0.4) is 0 Å². The van der Waals surface area contributed by atoms with Gasteiger partial charge in [-0.25, -0.2) is 14.9 Å². The number of rotatable bonds is 5. The molecule has 0 aromatic carbocycles. The van der Waals surface area contributed by atoms with Crippen molar-refractivity contribution in [2.75, 3.05) is 6.61 Å². The molecule has 1 saturated heterocycles. The molecule has 108 valence electrons. The lowest BCUT2D eigenvalue weighted by atomic mass is 10.2. The van der Waals surface area contributed by atoms with Gasteiger partial charge in [-0.2, -0.15) is 0 Å². The molecule has 1 aliphatic rings. The summed E-state index contributed by atoms with van der Waals surface area (Å²) in [6.07, 6.45) is 2.20. The maximum atomic E-state index is 11.8. The average Bonchev–Trinajstić information content (AvgIpc) is 3.13. The van der Waals surface area contributed by atoms with Gasteiger partial charge in [0.15, 0.2) is 5.16 Å². The van der Waals surface area contributed by atoms with Crippen LogP contribution in [0.1, 0.15) is 23.5 Å². The molecule has 20 heavy (non-hydrogen) atoms. The Balaban J connectivity index is 1.68. The molecule has 8 heteroatoms. The molecule has 0 bridgehead atoms. The van der Waals surface area contributed by atoms with Crippen LogP contribution in [0.5, 0.6) is 0 Å². The van der Waals surface area contributed by atoms with E-state index in [1.165, 1.54) is 11.8 Å². The van der Waals surface area contributed by atoms with Crippen LogP contribution < -0.4 is 5.69 Å². The van der Waals surface area contributed by atoms with Crippen LogP contribution in [0.2, 0.25) is 0 Å². The van der Waals surface area contributed by atoms with Gasteiger partial charge in [-0.1, -0.05) is 11.8 Å². The Bertz CT molecular complexity index is 627. The van der Waals surface area contributed by atoms with E-state index >= 15 is 0 Å². The van der Waals surface area contributed by atoms with E-state index in [9.17, 15) is 4.79 Å². The van der Waals surface area contributed by atoms with E-state index in [2.05, 4.69) is 15.2 Å². The first-order valence-corrected chi connectivity index (χ1v) is 8.39. The van der Waals surface area contributed by atoms with E-state index in [-0.39, 0.29) is 11.8 Å². The number of hydrogen-bond donors (Lipinski definition) is 1. The minimum absolute atomic E-state index is 0.131. The lowest BCUT2D eigenvalue weighted by Gasteiger charge is -2.10. The van der Waals surface area contributed by atoms with Gasteiger partial charge in [-0.3, -0.25) is 4.57 Å². The van der Waals surface area contributed by atoms with Crippen LogP contribution in [-0.4, -0.2) is 32.5 Å². The van der Waals surface area contributed by atoms with Crippen LogP contribution in [-0.2, 0) is 17.0 Å². The highest BCUT2D eigenvalue weighted by Gasteiger charge is 2.19. The molecule has 2 aromatic heterocycles. The largest absolute Gasteiger partial charge is 0.376 e. The summed E-state index contributed by atoms with van der Waals surface area (Å²) in [4.78, 5) is 16.2. The number of aromatic nitrogens is 4. The van der Waals surface area contributed by atoms with E-state index < -0.39 is 0 Å². The van der Waals surface area contributed by atoms with Crippen LogP contribution >= 0.6 is 23.1 Å². The number of nitrogens with zero attached hydrogens (tertiary/aromatic N) is 3. The fourth-order valence-electron chi connectivity index (χ4n) is 2.18. The Hall–Kier alpha value is -1.12. The summed E-state index contributed by atoms with van der Waals surface area (Å²) in [5.74, 6) is 0.722. The van der Waals surface area contributed by atoms with Gasteiger partial charge in [0.1, 0.15) is 0 Å². The van der Waals surface area contributed by atoms with Crippen LogP contribution in [0.4, 0.5) is 0 Å². The topological polar surface area (TPSA) is 72.8 Å². The monoisotopic (exact) mass is 312 g/mol. The van der Waals surface area contributed by atoms with Crippen LogP contribution in [0.25, 0.3) is 0 Å². The predicted molar refractivity (Wildman–Crippen MR) is 78.2 cm³/mol. The van der Waals surface area contributed by atoms with Gasteiger partial charge < -0.3 is 4.74 Å². The molecule has 6 nitrogen and oxygen atoms in total. The third kappa shape index (κ3) is 3.13. The molecule has 0 aliphatic carbocycles. The van der Waals surface area contributed by atoms with Crippen molar-refractivity contribution >= 4 is 23.1 Å². The molecule has 3 heterocycles. The number of thioether (sulfide) groups is 1. The molecular formula is C12H16N4O2S2. The first-order chi connectivity index (χ1) is 9.72. The van der Waals surface area contributed by atoms with Gasteiger partial charge >= 0.3 is 5.69 Å². The lowest BCUT2D eigenvalue weighted by molar-refractivity contribution is 0.0941. The molecule has 1 unspecified atom stereocenters. The van der Waals surface area contributed by atoms with Gasteiger partial charge in [0, 0.05) is 17.7 Å². The highest BCUT2D eigenvalue weighted by molar-refractivity contribution is 7.98. The van der Waals surface area contributed by atoms with E-state index in [4.69, 9.17) is 4.74 Å². The summed E-state index contributed by atoms with van der Waals surface area (Å²) in [6, 6.07) is 0. The normalized spacial score (nSPS) is 18.8. The SMILES string of the molecule is Cc1nc(CSc2n[nH]c(=O)n2CC2CCCO2)cs1. The van der Waals surface area contributed by atoms with Gasteiger partial charge in [0.25, 0.3) is 0 Å². The van der Waals surface area contributed by atoms with Gasteiger partial charge in [-0.05, 0) is 19.8 Å². The van der Waals surface area contributed by atoms with Gasteiger partial charge in [-0.15, -0.1) is 16.4 Å². The lowest BCUT2D eigenvalue weighted by Crippen LogP contribution is -2.24. The molecule has 1 fully saturated rings. The summed E-state index contributed by atoms with van der Waals surface area (Å²) in [5.41, 5.74) is 0.856. The highest BCUT2D eigenvalue weighted by Crippen LogP contribution is 2.22. The van der Waals surface area contributed by atoms with Crippen molar-refractivity contribution in [3.63, 3.8) is 0 Å². The Morgan fingerprint density at radius 3 is 3.25 bits per heavy atom. The molecule has 0 radical (unpaired) electrons. The van der Waals surface area contributed by atoms with E-state index in [0.717, 1.165) is 35.9 Å².